The molecule has 0 saturated carbocycles. The smallest absolute Gasteiger partial charge is 0.274 e. The minimum atomic E-state index is -0.361. The summed E-state index contributed by atoms with van der Waals surface area (Å²) in [6.45, 7) is 4.30. The third-order valence-corrected chi connectivity index (χ3v) is 4.35. The first-order chi connectivity index (χ1) is 13.9. The first-order valence-electron chi connectivity index (χ1n) is 9.21. The standard InChI is InChI=1S/C23H23N3O3/c1-15-10-16(2)12-19(11-15)26-23(28)21-13-18(8-9-24-21)22(27)25-14-17-4-6-20(29-3)7-5-17/h4-13H,14H2,1-3H3,(H,25,27)(H,26,28). The normalized spacial score (nSPS) is 10.3. The van der Waals surface area contributed by atoms with Crippen molar-refractivity contribution < 1.29 is 14.3 Å². The van der Waals surface area contributed by atoms with Crippen LogP contribution in [0.1, 0.15) is 37.5 Å². The molecule has 3 aromatic rings. The summed E-state index contributed by atoms with van der Waals surface area (Å²) in [6, 6.07) is 16.3. The molecule has 3 rings (SSSR count). The average molecular weight is 389 g/mol. The highest BCUT2D eigenvalue weighted by atomic mass is 16.5. The SMILES string of the molecule is COc1ccc(CNC(=O)c2ccnc(C(=O)Nc3cc(C)cc(C)c3)c2)cc1. The van der Waals surface area contributed by atoms with E-state index in [-0.39, 0.29) is 17.5 Å². The first-order valence-corrected chi connectivity index (χ1v) is 9.21. The summed E-state index contributed by atoms with van der Waals surface area (Å²) in [4.78, 5) is 29.1. The molecule has 0 atom stereocenters. The van der Waals surface area contributed by atoms with E-state index in [0.29, 0.717) is 17.8 Å². The Morgan fingerprint density at radius 3 is 2.28 bits per heavy atom. The number of hydrogen-bond donors (Lipinski definition) is 2. The lowest BCUT2D eigenvalue weighted by atomic mass is 10.1. The molecule has 6 nitrogen and oxygen atoms in total. The van der Waals surface area contributed by atoms with Gasteiger partial charge in [-0.05, 0) is 66.9 Å². The molecular weight excluding hydrogens is 366 g/mol. The van der Waals surface area contributed by atoms with Crippen molar-refractivity contribution in [1.29, 1.82) is 0 Å². The van der Waals surface area contributed by atoms with E-state index in [0.717, 1.165) is 22.4 Å². The van der Waals surface area contributed by atoms with Crippen LogP contribution in [0, 0.1) is 13.8 Å². The van der Waals surface area contributed by atoms with Crippen LogP contribution in [0.2, 0.25) is 0 Å². The quantitative estimate of drug-likeness (QED) is 0.670. The molecule has 29 heavy (non-hydrogen) atoms. The number of aryl methyl sites for hydroxylation is 2. The van der Waals surface area contributed by atoms with Gasteiger partial charge >= 0.3 is 0 Å². The summed E-state index contributed by atoms with van der Waals surface area (Å²) in [6.07, 6.45) is 1.46. The Morgan fingerprint density at radius 1 is 0.931 bits per heavy atom. The van der Waals surface area contributed by atoms with E-state index in [1.165, 1.54) is 12.3 Å². The molecule has 1 aromatic heterocycles. The number of pyridine rings is 1. The van der Waals surface area contributed by atoms with E-state index >= 15 is 0 Å². The Hall–Kier alpha value is -3.67. The molecule has 6 heteroatoms. The van der Waals surface area contributed by atoms with E-state index in [1.807, 2.05) is 56.3 Å². The number of nitrogens with one attached hydrogen (secondary N) is 2. The lowest BCUT2D eigenvalue weighted by molar-refractivity contribution is 0.0951. The van der Waals surface area contributed by atoms with Crippen molar-refractivity contribution in [2.24, 2.45) is 0 Å². The maximum Gasteiger partial charge on any atom is 0.274 e. The van der Waals surface area contributed by atoms with Gasteiger partial charge < -0.3 is 15.4 Å². The number of hydrogen-bond acceptors (Lipinski definition) is 4. The van der Waals surface area contributed by atoms with Gasteiger partial charge in [0.2, 0.25) is 0 Å². The lowest BCUT2D eigenvalue weighted by Crippen LogP contribution is -2.23. The maximum absolute atomic E-state index is 12.5. The molecule has 1 heterocycles. The van der Waals surface area contributed by atoms with E-state index in [4.69, 9.17) is 4.74 Å². The molecule has 0 aliphatic heterocycles. The zero-order valence-electron chi connectivity index (χ0n) is 16.7. The Kier molecular flexibility index (Phi) is 6.24. The van der Waals surface area contributed by atoms with Gasteiger partial charge in [0, 0.05) is 24.0 Å². The van der Waals surface area contributed by atoms with Crippen LogP contribution >= 0.6 is 0 Å². The highest BCUT2D eigenvalue weighted by Crippen LogP contribution is 2.15. The molecule has 0 saturated heterocycles. The highest BCUT2D eigenvalue weighted by molar-refractivity contribution is 6.04. The van der Waals surface area contributed by atoms with Crippen LogP contribution in [0.15, 0.2) is 60.8 Å². The summed E-state index contributed by atoms with van der Waals surface area (Å²) >= 11 is 0. The summed E-state index contributed by atoms with van der Waals surface area (Å²) in [5.74, 6) is 0.122. The molecule has 0 fully saturated rings. The van der Waals surface area contributed by atoms with E-state index in [1.54, 1.807) is 13.2 Å². The fourth-order valence-corrected chi connectivity index (χ4v) is 2.97. The largest absolute Gasteiger partial charge is 0.497 e. The summed E-state index contributed by atoms with van der Waals surface area (Å²) in [7, 11) is 1.61. The molecule has 0 aliphatic carbocycles. The Morgan fingerprint density at radius 2 is 1.62 bits per heavy atom. The number of ether oxygens (including phenoxy) is 1. The Labute approximate surface area is 169 Å². The highest BCUT2D eigenvalue weighted by Gasteiger charge is 2.12. The van der Waals surface area contributed by atoms with Crippen LogP contribution < -0.4 is 15.4 Å². The number of methoxy groups -OCH3 is 1. The molecule has 0 radical (unpaired) electrons. The number of anilines is 1. The number of amides is 2. The van der Waals surface area contributed by atoms with Crippen molar-refractivity contribution in [2.45, 2.75) is 20.4 Å². The predicted octanol–water partition coefficient (Wildman–Crippen LogP) is 3.89. The van der Waals surface area contributed by atoms with Crippen molar-refractivity contribution in [3.05, 3.63) is 88.7 Å². The van der Waals surface area contributed by atoms with Gasteiger partial charge in [0.05, 0.1) is 7.11 Å². The van der Waals surface area contributed by atoms with Crippen LogP contribution in [0.3, 0.4) is 0 Å². The molecule has 0 unspecified atom stereocenters. The fraction of sp³-hybridized carbons (Fsp3) is 0.174. The molecule has 148 valence electrons. The minimum Gasteiger partial charge on any atom is -0.497 e. The monoisotopic (exact) mass is 389 g/mol. The molecule has 2 aromatic carbocycles. The van der Waals surface area contributed by atoms with Crippen molar-refractivity contribution >= 4 is 17.5 Å². The number of benzene rings is 2. The van der Waals surface area contributed by atoms with Gasteiger partial charge in [-0.15, -0.1) is 0 Å². The molecule has 0 aliphatic rings. The van der Waals surface area contributed by atoms with Gasteiger partial charge in [0.1, 0.15) is 11.4 Å². The second kappa shape index (κ2) is 9.01. The lowest BCUT2D eigenvalue weighted by Gasteiger charge is -2.09. The Bertz CT molecular complexity index is 1010. The van der Waals surface area contributed by atoms with Crippen molar-refractivity contribution in [2.75, 3.05) is 12.4 Å². The summed E-state index contributed by atoms with van der Waals surface area (Å²) < 4.78 is 5.12. The van der Waals surface area contributed by atoms with Gasteiger partial charge in [-0.3, -0.25) is 14.6 Å². The van der Waals surface area contributed by atoms with Crippen molar-refractivity contribution in [1.82, 2.24) is 10.3 Å². The number of nitrogens with zero attached hydrogens (tertiary/aromatic N) is 1. The molecule has 0 bridgehead atoms. The van der Waals surface area contributed by atoms with Crippen LogP contribution in [0.5, 0.6) is 5.75 Å². The number of carbonyl (C=O) groups is 2. The van der Waals surface area contributed by atoms with Gasteiger partial charge in [0.15, 0.2) is 0 Å². The summed E-state index contributed by atoms with van der Waals surface area (Å²) in [5.41, 5.74) is 4.31. The number of rotatable bonds is 6. The second-order valence-corrected chi connectivity index (χ2v) is 6.79. The molecule has 0 spiro atoms. The van der Waals surface area contributed by atoms with Gasteiger partial charge in [-0.25, -0.2) is 0 Å². The molecule has 2 amide bonds. The second-order valence-electron chi connectivity index (χ2n) is 6.79. The van der Waals surface area contributed by atoms with Crippen LogP contribution in [-0.2, 0) is 6.54 Å². The fourth-order valence-electron chi connectivity index (χ4n) is 2.97. The third kappa shape index (κ3) is 5.42. The van der Waals surface area contributed by atoms with Gasteiger partial charge in [0.25, 0.3) is 11.8 Å². The van der Waals surface area contributed by atoms with E-state index in [9.17, 15) is 9.59 Å². The van der Waals surface area contributed by atoms with Gasteiger partial charge in [-0.1, -0.05) is 18.2 Å². The first kappa shape index (κ1) is 20.1. The summed E-state index contributed by atoms with van der Waals surface area (Å²) in [5, 5.41) is 5.67. The van der Waals surface area contributed by atoms with Crippen molar-refractivity contribution in [3.8, 4) is 5.75 Å². The average Bonchev–Trinajstić information content (AvgIpc) is 2.71. The maximum atomic E-state index is 12.5. The predicted molar refractivity (Wildman–Crippen MR) is 112 cm³/mol. The Balaban J connectivity index is 1.65. The minimum absolute atomic E-state index is 0.182. The van der Waals surface area contributed by atoms with E-state index in [2.05, 4.69) is 15.6 Å². The van der Waals surface area contributed by atoms with Crippen LogP contribution in [0.25, 0.3) is 0 Å². The van der Waals surface area contributed by atoms with Crippen molar-refractivity contribution in [3.63, 3.8) is 0 Å². The molecular formula is C23H23N3O3. The topological polar surface area (TPSA) is 80.3 Å². The van der Waals surface area contributed by atoms with Crippen LogP contribution in [0.4, 0.5) is 5.69 Å². The van der Waals surface area contributed by atoms with Crippen LogP contribution in [-0.4, -0.2) is 23.9 Å². The zero-order valence-corrected chi connectivity index (χ0v) is 16.7. The number of carbonyl (C=O) groups excluding carboxylic acids is 2. The van der Waals surface area contributed by atoms with Gasteiger partial charge in [-0.2, -0.15) is 0 Å². The molecule has 2 N–H and O–H groups in total. The van der Waals surface area contributed by atoms with E-state index < -0.39 is 0 Å². The zero-order chi connectivity index (χ0) is 20.8. The third-order valence-electron chi connectivity index (χ3n) is 4.35. The number of aromatic nitrogens is 1.